The number of benzene rings is 3. The number of sulfonamides is 1. The van der Waals surface area contributed by atoms with Crippen LogP contribution in [0.4, 0.5) is 5.69 Å². The zero-order chi connectivity index (χ0) is 24.3. The number of ether oxygens (including phenoxy) is 1. The Morgan fingerprint density at radius 1 is 1.00 bits per heavy atom. The lowest BCUT2D eigenvalue weighted by molar-refractivity contribution is 0.102. The minimum Gasteiger partial charge on any atom is -0.506 e. The quantitative estimate of drug-likeness (QED) is 0.411. The molecule has 0 radical (unpaired) electrons. The minimum absolute atomic E-state index is 0.0109. The van der Waals surface area contributed by atoms with Crippen molar-refractivity contribution in [2.45, 2.75) is 24.3 Å². The monoisotopic (exact) mass is 520 g/mol. The highest BCUT2D eigenvalue weighted by Crippen LogP contribution is 2.36. The first-order valence-corrected chi connectivity index (χ1v) is 12.8. The summed E-state index contributed by atoms with van der Waals surface area (Å²) in [5.41, 5.74) is 1.01. The SMILES string of the molecule is O=C(Nc1cc(S(=O)(=O)N2CCCC2)ccc1O)c1cc(Cl)c(OCc2ccccc2)c(Cl)c1. The molecule has 0 bridgehead atoms. The van der Waals surface area contributed by atoms with Crippen LogP contribution in [0, 0.1) is 0 Å². The first-order valence-electron chi connectivity index (χ1n) is 10.6. The van der Waals surface area contributed by atoms with Gasteiger partial charge in [-0.3, -0.25) is 4.79 Å². The molecule has 0 saturated carbocycles. The molecule has 1 amide bonds. The number of phenolic OH excluding ortho intramolecular Hbond substituents is 1. The number of phenols is 1. The van der Waals surface area contributed by atoms with Gasteiger partial charge in [-0.1, -0.05) is 53.5 Å². The van der Waals surface area contributed by atoms with E-state index in [2.05, 4.69) is 5.32 Å². The van der Waals surface area contributed by atoms with Crippen LogP contribution in [0.5, 0.6) is 11.5 Å². The van der Waals surface area contributed by atoms with Gasteiger partial charge in [-0.15, -0.1) is 0 Å². The van der Waals surface area contributed by atoms with Gasteiger partial charge in [-0.25, -0.2) is 8.42 Å². The van der Waals surface area contributed by atoms with Gasteiger partial charge in [0.2, 0.25) is 10.0 Å². The molecule has 1 aliphatic heterocycles. The summed E-state index contributed by atoms with van der Waals surface area (Å²) in [5.74, 6) is -0.650. The van der Waals surface area contributed by atoms with Crippen molar-refractivity contribution in [3.05, 3.63) is 81.8 Å². The van der Waals surface area contributed by atoms with Gasteiger partial charge in [0.15, 0.2) is 5.75 Å². The average Bonchev–Trinajstić information content (AvgIpc) is 3.36. The number of anilines is 1. The topological polar surface area (TPSA) is 95.9 Å². The molecule has 178 valence electrons. The number of nitrogens with zero attached hydrogens (tertiary/aromatic N) is 1. The fourth-order valence-electron chi connectivity index (χ4n) is 3.61. The van der Waals surface area contributed by atoms with Crippen LogP contribution in [0.25, 0.3) is 0 Å². The molecule has 0 aromatic heterocycles. The van der Waals surface area contributed by atoms with Crippen molar-refractivity contribution in [1.29, 1.82) is 0 Å². The Kier molecular flexibility index (Phi) is 7.33. The highest BCUT2D eigenvalue weighted by Gasteiger charge is 2.28. The Bertz CT molecular complexity index is 1290. The van der Waals surface area contributed by atoms with Crippen LogP contribution in [0.3, 0.4) is 0 Å². The average molecular weight is 521 g/mol. The molecule has 3 aromatic rings. The molecule has 1 aliphatic rings. The minimum atomic E-state index is -3.71. The molecule has 1 heterocycles. The third-order valence-electron chi connectivity index (χ3n) is 5.41. The zero-order valence-corrected chi connectivity index (χ0v) is 20.3. The Morgan fingerprint density at radius 3 is 2.29 bits per heavy atom. The van der Waals surface area contributed by atoms with Gasteiger partial charge < -0.3 is 15.2 Å². The summed E-state index contributed by atoms with van der Waals surface area (Å²) in [5, 5.41) is 13.0. The summed E-state index contributed by atoms with van der Waals surface area (Å²) in [6.45, 7) is 1.14. The summed E-state index contributed by atoms with van der Waals surface area (Å²) in [6.07, 6.45) is 1.60. The molecule has 2 N–H and O–H groups in total. The summed E-state index contributed by atoms with van der Waals surface area (Å²) in [4.78, 5) is 12.8. The van der Waals surface area contributed by atoms with E-state index in [1.165, 1.54) is 34.6 Å². The third kappa shape index (κ3) is 5.31. The van der Waals surface area contributed by atoms with Gasteiger partial charge in [0, 0.05) is 18.7 Å². The van der Waals surface area contributed by atoms with Crippen LogP contribution in [0.2, 0.25) is 10.0 Å². The number of hydrogen-bond donors (Lipinski definition) is 2. The van der Waals surface area contributed by atoms with Gasteiger partial charge in [0.05, 0.1) is 20.6 Å². The van der Waals surface area contributed by atoms with E-state index in [1.54, 1.807) is 0 Å². The third-order valence-corrected chi connectivity index (χ3v) is 7.86. The van der Waals surface area contributed by atoms with E-state index in [1.807, 2.05) is 30.3 Å². The lowest BCUT2D eigenvalue weighted by atomic mass is 10.2. The molecule has 4 rings (SSSR count). The fourth-order valence-corrected chi connectivity index (χ4v) is 5.75. The number of aromatic hydroxyl groups is 1. The molecule has 1 saturated heterocycles. The van der Waals surface area contributed by atoms with Gasteiger partial charge >= 0.3 is 0 Å². The molecular weight excluding hydrogens is 499 g/mol. The maximum Gasteiger partial charge on any atom is 0.255 e. The maximum absolute atomic E-state index is 12.8. The van der Waals surface area contributed by atoms with Crippen molar-refractivity contribution >= 4 is 44.8 Å². The van der Waals surface area contributed by atoms with E-state index in [-0.39, 0.29) is 44.3 Å². The molecule has 0 atom stereocenters. The Labute approximate surface area is 207 Å². The number of carbonyl (C=O) groups is 1. The Morgan fingerprint density at radius 2 is 1.65 bits per heavy atom. The molecule has 7 nitrogen and oxygen atoms in total. The molecule has 10 heteroatoms. The highest BCUT2D eigenvalue weighted by molar-refractivity contribution is 7.89. The van der Waals surface area contributed by atoms with E-state index in [0.717, 1.165) is 18.4 Å². The van der Waals surface area contributed by atoms with Gasteiger partial charge in [0.1, 0.15) is 12.4 Å². The van der Waals surface area contributed by atoms with E-state index in [4.69, 9.17) is 27.9 Å². The Hall–Kier alpha value is -2.78. The van der Waals surface area contributed by atoms with Crippen LogP contribution in [0.15, 0.2) is 65.6 Å². The van der Waals surface area contributed by atoms with Crippen molar-refractivity contribution in [2.24, 2.45) is 0 Å². The molecule has 0 spiro atoms. The predicted molar refractivity (Wildman–Crippen MR) is 131 cm³/mol. The second-order valence-electron chi connectivity index (χ2n) is 7.79. The van der Waals surface area contributed by atoms with E-state index in [0.29, 0.717) is 13.1 Å². The lowest BCUT2D eigenvalue weighted by Crippen LogP contribution is -2.28. The fraction of sp³-hybridized carbons (Fsp3) is 0.208. The molecule has 34 heavy (non-hydrogen) atoms. The smallest absolute Gasteiger partial charge is 0.255 e. The molecular formula is C24H22Cl2N2O5S. The number of carbonyl (C=O) groups excluding carboxylic acids is 1. The largest absolute Gasteiger partial charge is 0.506 e. The maximum atomic E-state index is 12.8. The normalized spacial score (nSPS) is 14.2. The number of nitrogens with one attached hydrogen (secondary N) is 1. The van der Waals surface area contributed by atoms with Crippen LogP contribution >= 0.6 is 23.2 Å². The van der Waals surface area contributed by atoms with Crippen LogP contribution < -0.4 is 10.1 Å². The van der Waals surface area contributed by atoms with Crippen molar-refractivity contribution in [1.82, 2.24) is 4.31 Å². The summed E-state index contributed by atoms with van der Waals surface area (Å²) in [6, 6.07) is 16.0. The first-order chi connectivity index (χ1) is 16.3. The highest BCUT2D eigenvalue weighted by atomic mass is 35.5. The molecule has 3 aromatic carbocycles. The number of rotatable bonds is 7. The number of hydrogen-bond acceptors (Lipinski definition) is 5. The van der Waals surface area contributed by atoms with Crippen molar-refractivity contribution in [2.75, 3.05) is 18.4 Å². The summed E-state index contributed by atoms with van der Waals surface area (Å²) >= 11 is 12.6. The van der Waals surface area contributed by atoms with Crippen molar-refractivity contribution in [3.8, 4) is 11.5 Å². The second kappa shape index (κ2) is 10.2. The van der Waals surface area contributed by atoms with Crippen LogP contribution in [0.1, 0.15) is 28.8 Å². The van der Waals surface area contributed by atoms with Crippen molar-refractivity contribution in [3.63, 3.8) is 0 Å². The van der Waals surface area contributed by atoms with E-state index in [9.17, 15) is 18.3 Å². The van der Waals surface area contributed by atoms with Crippen molar-refractivity contribution < 1.29 is 23.1 Å². The molecule has 0 aliphatic carbocycles. The second-order valence-corrected chi connectivity index (χ2v) is 10.5. The molecule has 1 fully saturated rings. The van der Waals surface area contributed by atoms with Crippen LogP contribution in [-0.4, -0.2) is 36.8 Å². The lowest BCUT2D eigenvalue weighted by Gasteiger charge is -2.17. The van der Waals surface area contributed by atoms with Gasteiger partial charge in [-0.2, -0.15) is 4.31 Å². The first kappa shape index (κ1) is 24.3. The van der Waals surface area contributed by atoms with E-state index < -0.39 is 15.9 Å². The van der Waals surface area contributed by atoms with Gasteiger partial charge in [0.25, 0.3) is 5.91 Å². The predicted octanol–water partition coefficient (Wildman–Crippen LogP) is 5.31. The standard InChI is InChI=1S/C24H22Cl2N2O5S/c25-19-12-17(13-20(26)23(19)33-15-16-6-2-1-3-7-16)24(30)27-21-14-18(8-9-22(21)29)34(31,32)28-10-4-5-11-28/h1-3,6-9,12-14,29H,4-5,10-11,15H2,(H,27,30). The van der Waals surface area contributed by atoms with Crippen LogP contribution in [-0.2, 0) is 16.6 Å². The Balaban J connectivity index is 1.52. The number of halogens is 2. The summed E-state index contributed by atoms with van der Waals surface area (Å²) < 4.78 is 32.8. The van der Waals surface area contributed by atoms with E-state index >= 15 is 0 Å². The zero-order valence-electron chi connectivity index (χ0n) is 18.0. The van der Waals surface area contributed by atoms with Gasteiger partial charge in [-0.05, 0) is 48.7 Å². The summed E-state index contributed by atoms with van der Waals surface area (Å²) in [7, 11) is -3.71. The molecule has 0 unspecified atom stereocenters. The number of amides is 1.